The van der Waals surface area contributed by atoms with Crippen molar-refractivity contribution in [2.75, 3.05) is 19.7 Å². The molecule has 0 fully saturated rings. The van der Waals surface area contributed by atoms with Gasteiger partial charge in [0.05, 0.1) is 17.4 Å². The second kappa shape index (κ2) is 9.79. The van der Waals surface area contributed by atoms with Crippen LogP contribution < -0.4 is 4.74 Å². The third-order valence-corrected chi connectivity index (χ3v) is 3.77. The van der Waals surface area contributed by atoms with Crippen LogP contribution in [-0.2, 0) is 11.2 Å². The van der Waals surface area contributed by atoms with Crippen LogP contribution in [0.5, 0.6) is 5.75 Å². The number of nitrogens with zero attached hydrogens (tertiary/aromatic N) is 3. The molecule has 26 heavy (non-hydrogen) atoms. The van der Waals surface area contributed by atoms with Crippen molar-refractivity contribution in [1.29, 1.82) is 5.26 Å². The van der Waals surface area contributed by atoms with Crippen LogP contribution in [-0.4, -0.2) is 35.4 Å². The average Bonchev–Trinajstić information content (AvgIpc) is 2.67. The van der Waals surface area contributed by atoms with E-state index in [4.69, 9.17) is 10.00 Å². The third kappa shape index (κ3) is 5.91. The Morgan fingerprint density at radius 3 is 2.42 bits per heavy atom. The molecule has 7 nitrogen and oxygen atoms in total. The summed E-state index contributed by atoms with van der Waals surface area (Å²) in [5.41, 5.74) is 1.07. The number of ether oxygens (including phenoxy) is 1. The quantitative estimate of drug-likeness (QED) is 0.510. The minimum absolute atomic E-state index is 0.0396. The topological polar surface area (TPSA) is 96.5 Å². The van der Waals surface area contributed by atoms with Crippen molar-refractivity contribution in [3.05, 3.63) is 70.3 Å². The van der Waals surface area contributed by atoms with Gasteiger partial charge in [-0.2, -0.15) is 5.26 Å². The fraction of sp³-hybridized carbons (Fsp3) is 0.263. The summed E-state index contributed by atoms with van der Waals surface area (Å²) in [7, 11) is 0. The van der Waals surface area contributed by atoms with E-state index in [0.717, 1.165) is 5.56 Å². The molecule has 1 amide bonds. The first kappa shape index (κ1) is 18.9. The maximum Gasteiger partial charge on any atom is 0.269 e. The van der Waals surface area contributed by atoms with E-state index in [1.165, 1.54) is 24.3 Å². The molecule has 2 aromatic rings. The van der Waals surface area contributed by atoms with Crippen molar-refractivity contribution >= 4 is 11.6 Å². The number of benzene rings is 2. The molecule has 0 aliphatic carbocycles. The second-order valence-electron chi connectivity index (χ2n) is 5.56. The molecule has 0 N–H and O–H groups in total. The van der Waals surface area contributed by atoms with Gasteiger partial charge in [0.2, 0.25) is 0 Å². The lowest BCUT2D eigenvalue weighted by atomic mass is 10.1. The molecule has 0 radical (unpaired) electrons. The summed E-state index contributed by atoms with van der Waals surface area (Å²) >= 11 is 0. The van der Waals surface area contributed by atoms with Crippen LogP contribution in [0.2, 0.25) is 0 Å². The van der Waals surface area contributed by atoms with Crippen LogP contribution in [0.4, 0.5) is 5.69 Å². The fourth-order valence-electron chi connectivity index (χ4n) is 2.36. The monoisotopic (exact) mass is 353 g/mol. The Kier molecular flexibility index (Phi) is 7.13. The number of carbonyl (C=O) groups excluding carboxylic acids is 1. The van der Waals surface area contributed by atoms with Crippen molar-refractivity contribution in [3.63, 3.8) is 0 Å². The largest absolute Gasteiger partial charge is 0.484 e. The predicted octanol–water partition coefficient (Wildman–Crippen LogP) is 2.96. The molecule has 2 rings (SSSR count). The lowest BCUT2D eigenvalue weighted by Crippen LogP contribution is -2.37. The van der Waals surface area contributed by atoms with E-state index >= 15 is 0 Å². The van der Waals surface area contributed by atoms with Crippen LogP contribution >= 0.6 is 0 Å². The number of nitro groups is 1. The van der Waals surface area contributed by atoms with E-state index < -0.39 is 4.92 Å². The first-order valence-electron chi connectivity index (χ1n) is 8.16. The van der Waals surface area contributed by atoms with E-state index in [1.807, 2.05) is 36.4 Å². The Morgan fingerprint density at radius 2 is 1.81 bits per heavy atom. The van der Waals surface area contributed by atoms with Crippen molar-refractivity contribution < 1.29 is 14.5 Å². The van der Waals surface area contributed by atoms with Gasteiger partial charge in [0.15, 0.2) is 6.61 Å². The van der Waals surface area contributed by atoms with Gasteiger partial charge >= 0.3 is 0 Å². The summed E-state index contributed by atoms with van der Waals surface area (Å²) in [5, 5.41) is 19.4. The zero-order valence-electron chi connectivity index (χ0n) is 14.2. The Morgan fingerprint density at radius 1 is 1.12 bits per heavy atom. The molecule has 0 saturated carbocycles. The SMILES string of the molecule is N#CCCN(CCc1ccccc1)C(=O)COc1ccc([N+](=O)[O-])cc1. The second-order valence-corrected chi connectivity index (χ2v) is 5.56. The number of amides is 1. The highest BCUT2D eigenvalue weighted by Gasteiger charge is 2.14. The van der Waals surface area contributed by atoms with E-state index in [0.29, 0.717) is 25.3 Å². The summed E-state index contributed by atoms with van der Waals surface area (Å²) in [6.45, 7) is 0.651. The Hall–Kier alpha value is -3.40. The van der Waals surface area contributed by atoms with Crippen LogP contribution in [0.3, 0.4) is 0 Å². The summed E-state index contributed by atoms with van der Waals surface area (Å²) in [5.74, 6) is 0.154. The number of hydrogen-bond acceptors (Lipinski definition) is 5. The molecule has 0 saturated heterocycles. The summed E-state index contributed by atoms with van der Waals surface area (Å²) < 4.78 is 5.42. The van der Waals surface area contributed by atoms with Gasteiger partial charge in [-0.15, -0.1) is 0 Å². The van der Waals surface area contributed by atoms with Crippen molar-refractivity contribution in [2.45, 2.75) is 12.8 Å². The normalized spacial score (nSPS) is 9.96. The minimum atomic E-state index is -0.498. The lowest BCUT2D eigenvalue weighted by Gasteiger charge is -2.21. The van der Waals surface area contributed by atoms with E-state index in [2.05, 4.69) is 0 Å². The predicted molar refractivity (Wildman–Crippen MR) is 95.5 cm³/mol. The maximum absolute atomic E-state index is 12.4. The van der Waals surface area contributed by atoms with Crippen LogP contribution in [0.25, 0.3) is 0 Å². The molecule has 0 aliphatic heterocycles. The fourth-order valence-corrected chi connectivity index (χ4v) is 2.36. The molecule has 2 aromatic carbocycles. The van der Waals surface area contributed by atoms with E-state index in [9.17, 15) is 14.9 Å². The summed E-state index contributed by atoms with van der Waals surface area (Å²) in [6, 6.07) is 17.4. The number of nitriles is 1. The van der Waals surface area contributed by atoms with Gasteiger partial charge in [-0.1, -0.05) is 30.3 Å². The molecule has 0 spiro atoms. The summed E-state index contributed by atoms with van der Waals surface area (Å²) in [6.07, 6.45) is 0.938. The number of hydrogen-bond donors (Lipinski definition) is 0. The molecule has 0 unspecified atom stereocenters. The molecular formula is C19H19N3O4. The highest BCUT2D eigenvalue weighted by Crippen LogP contribution is 2.17. The van der Waals surface area contributed by atoms with Crippen molar-refractivity contribution in [2.24, 2.45) is 0 Å². The maximum atomic E-state index is 12.4. The number of rotatable bonds is 9. The first-order chi connectivity index (χ1) is 12.6. The highest BCUT2D eigenvalue weighted by molar-refractivity contribution is 5.77. The summed E-state index contributed by atoms with van der Waals surface area (Å²) in [4.78, 5) is 24.1. The van der Waals surface area contributed by atoms with Gasteiger partial charge in [-0.3, -0.25) is 14.9 Å². The van der Waals surface area contributed by atoms with Crippen LogP contribution in [0.1, 0.15) is 12.0 Å². The van der Waals surface area contributed by atoms with Gasteiger partial charge in [0.25, 0.3) is 11.6 Å². The number of carbonyl (C=O) groups is 1. The molecule has 0 heterocycles. The van der Waals surface area contributed by atoms with E-state index in [-0.39, 0.29) is 24.6 Å². The van der Waals surface area contributed by atoms with Gasteiger partial charge in [-0.05, 0) is 24.1 Å². The standard InChI is InChI=1S/C19H19N3O4/c20-12-4-13-21(14-11-16-5-2-1-3-6-16)19(23)15-26-18-9-7-17(8-10-18)22(24)25/h1-3,5-10H,4,11,13-15H2. The Bertz CT molecular complexity index is 770. The minimum Gasteiger partial charge on any atom is -0.484 e. The highest BCUT2D eigenvalue weighted by atomic mass is 16.6. The molecular weight excluding hydrogens is 334 g/mol. The van der Waals surface area contributed by atoms with Gasteiger partial charge in [0, 0.05) is 25.2 Å². The zero-order chi connectivity index (χ0) is 18.8. The van der Waals surface area contributed by atoms with Crippen LogP contribution in [0, 0.1) is 21.4 Å². The lowest BCUT2D eigenvalue weighted by molar-refractivity contribution is -0.384. The number of nitro benzene ring substituents is 1. The van der Waals surface area contributed by atoms with Gasteiger partial charge < -0.3 is 9.64 Å². The molecule has 0 aromatic heterocycles. The molecule has 134 valence electrons. The van der Waals surface area contributed by atoms with Crippen molar-refractivity contribution in [1.82, 2.24) is 4.90 Å². The van der Waals surface area contributed by atoms with Crippen molar-refractivity contribution in [3.8, 4) is 11.8 Å². The molecule has 0 atom stereocenters. The van der Waals surface area contributed by atoms with E-state index in [1.54, 1.807) is 4.90 Å². The molecule has 7 heteroatoms. The van der Waals surface area contributed by atoms with Gasteiger partial charge in [-0.25, -0.2) is 0 Å². The third-order valence-electron chi connectivity index (χ3n) is 3.77. The molecule has 0 aliphatic rings. The van der Waals surface area contributed by atoms with Crippen LogP contribution in [0.15, 0.2) is 54.6 Å². The number of non-ortho nitro benzene ring substituents is 1. The smallest absolute Gasteiger partial charge is 0.269 e. The Balaban J connectivity index is 1.90. The Labute approximate surface area is 151 Å². The average molecular weight is 353 g/mol. The zero-order valence-corrected chi connectivity index (χ0v) is 14.2. The van der Waals surface area contributed by atoms with Gasteiger partial charge in [0.1, 0.15) is 5.75 Å². The first-order valence-corrected chi connectivity index (χ1v) is 8.16. The molecule has 0 bridgehead atoms.